The van der Waals surface area contributed by atoms with E-state index in [0.717, 1.165) is 27.7 Å². The Hall–Kier alpha value is -3.41. The number of hydrogen-bond donors (Lipinski definition) is 2. The maximum absolute atomic E-state index is 12.7. The summed E-state index contributed by atoms with van der Waals surface area (Å²) in [5.41, 5.74) is 4.34. The van der Waals surface area contributed by atoms with Crippen LogP contribution in [0.1, 0.15) is 16.1 Å². The van der Waals surface area contributed by atoms with Crippen LogP contribution in [0.15, 0.2) is 54.9 Å². The summed E-state index contributed by atoms with van der Waals surface area (Å²) in [4.78, 5) is 16.7. The summed E-state index contributed by atoms with van der Waals surface area (Å²) in [6.07, 6.45) is 3.45. The molecule has 0 bridgehead atoms. The van der Waals surface area contributed by atoms with E-state index in [1.54, 1.807) is 12.4 Å². The van der Waals surface area contributed by atoms with Crippen molar-refractivity contribution < 1.29 is 4.79 Å². The molecule has 0 fully saturated rings. The Morgan fingerprint density at radius 1 is 1.16 bits per heavy atom. The predicted molar refractivity (Wildman–Crippen MR) is 97.4 cm³/mol. The van der Waals surface area contributed by atoms with Crippen molar-refractivity contribution in [3.63, 3.8) is 0 Å². The van der Waals surface area contributed by atoms with E-state index in [1.165, 1.54) is 0 Å². The first-order valence-electron chi connectivity index (χ1n) is 7.96. The highest BCUT2D eigenvalue weighted by atomic mass is 16.2. The largest absolute Gasteiger partial charge is 0.340 e. The zero-order chi connectivity index (χ0) is 17.4. The van der Waals surface area contributed by atoms with Gasteiger partial charge in [0.25, 0.3) is 5.91 Å². The normalized spacial score (nSPS) is 11.0. The van der Waals surface area contributed by atoms with E-state index in [9.17, 15) is 4.79 Å². The van der Waals surface area contributed by atoms with Crippen LogP contribution in [0.25, 0.3) is 22.2 Å². The standard InChI is InChI=1S/C19H17N5O/c1-12-17(13-7-9-20-10-8-13)22-23-18(12)21-19(25)16-11-14-5-3-4-6-15(14)24(16)2/h3-11H,1-2H3,(H2,21,22,23,25). The van der Waals surface area contributed by atoms with Gasteiger partial charge in [-0.25, -0.2) is 0 Å². The molecule has 0 saturated heterocycles. The van der Waals surface area contributed by atoms with Crippen LogP contribution in [0.5, 0.6) is 0 Å². The van der Waals surface area contributed by atoms with E-state index in [-0.39, 0.29) is 5.91 Å². The minimum atomic E-state index is -0.186. The smallest absolute Gasteiger partial charge is 0.273 e. The summed E-state index contributed by atoms with van der Waals surface area (Å²) in [6.45, 7) is 1.93. The topological polar surface area (TPSA) is 75.6 Å². The van der Waals surface area contributed by atoms with Crippen molar-refractivity contribution in [1.29, 1.82) is 0 Å². The number of hydrogen-bond acceptors (Lipinski definition) is 3. The number of benzene rings is 1. The number of nitrogens with one attached hydrogen (secondary N) is 2. The summed E-state index contributed by atoms with van der Waals surface area (Å²) < 4.78 is 1.89. The SMILES string of the molecule is Cc1c(NC(=O)c2cc3ccccc3n2C)n[nH]c1-c1ccncc1. The van der Waals surface area contributed by atoms with Crippen LogP contribution in [0.2, 0.25) is 0 Å². The summed E-state index contributed by atoms with van der Waals surface area (Å²) >= 11 is 0. The lowest BCUT2D eigenvalue weighted by Gasteiger charge is -2.05. The van der Waals surface area contributed by atoms with E-state index >= 15 is 0 Å². The zero-order valence-corrected chi connectivity index (χ0v) is 13.9. The van der Waals surface area contributed by atoms with Crippen LogP contribution in [-0.2, 0) is 7.05 Å². The molecule has 0 spiro atoms. The Labute approximate surface area is 144 Å². The first kappa shape index (κ1) is 15.1. The van der Waals surface area contributed by atoms with Crippen LogP contribution in [0.3, 0.4) is 0 Å². The summed E-state index contributed by atoms with van der Waals surface area (Å²) in [7, 11) is 1.89. The van der Waals surface area contributed by atoms with Crippen molar-refractivity contribution in [3.05, 3.63) is 66.1 Å². The van der Waals surface area contributed by atoms with Gasteiger partial charge in [0.1, 0.15) is 5.69 Å². The molecule has 4 rings (SSSR count). The second-order valence-corrected chi connectivity index (χ2v) is 5.91. The molecular weight excluding hydrogens is 314 g/mol. The van der Waals surface area contributed by atoms with Gasteiger partial charge in [-0.15, -0.1) is 0 Å². The molecule has 124 valence electrons. The average molecular weight is 331 g/mol. The van der Waals surface area contributed by atoms with Crippen LogP contribution >= 0.6 is 0 Å². The number of carbonyl (C=O) groups is 1. The maximum Gasteiger partial charge on any atom is 0.273 e. The number of rotatable bonds is 3. The lowest BCUT2D eigenvalue weighted by atomic mass is 10.1. The van der Waals surface area contributed by atoms with E-state index in [4.69, 9.17) is 0 Å². The Morgan fingerprint density at radius 3 is 2.68 bits per heavy atom. The third-order valence-corrected chi connectivity index (χ3v) is 4.39. The average Bonchev–Trinajstić information content (AvgIpc) is 3.17. The molecule has 2 N–H and O–H groups in total. The molecular formula is C19H17N5O. The Kier molecular flexibility index (Phi) is 3.57. The molecule has 0 aliphatic carbocycles. The molecule has 0 radical (unpaired) electrons. The molecule has 25 heavy (non-hydrogen) atoms. The van der Waals surface area contributed by atoms with Gasteiger partial charge in [-0.2, -0.15) is 5.10 Å². The van der Waals surface area contributed by atoms with Crippen LogP contribution in [-0.4, -0.2) is 25.7 Å². The number of amides is 1. The number of anilines is 1. The molecule has 1 amide bonds. The first-order valence-corrected chi connectivity index (χ1v) is 7.96. The fourth-order valence-electron chi connectivity index (χ4n) is 3.00. The van der Waals surface area contributed by atoms with Crippen LogP contribution in [0.4, 0.5) is 5.82 Å². The van der Waals surface area contributed by atoms with Gasteiger partial charge in [0, 0.05) is 41.5 Å². The van der Waals surface area contributed by atoms with Gasteiger partial charge in [-0.3, -0.25) is 14.9 Å². The van der Waals surface area contributed by atoms with Crippen molar-refractivity contribution >= 4 is 22.6 Å². The minimum absolute atomic E-state index is 0.186. The van der Waals surface area contributed by atoms with Crippen molar-refractivity contribution in [2.24, 2.45) is 7.05 Å². The van der Waals surface area contributed by atoms with Crippen LogP contribution in [0, 0.1) is 6.92 Å². The highest BCUT2D eigenvalue weighted by Crippen LogP contribution is 2.26. The number of para-hydroxylation sites is 1. The number of H-pyrrole nitrogens is 1. The fraction of sp³-hybridized carbons (Fsp3) is 0.105. The highest BCUT2D eigenvalue weighted by Gasteiger charge is 2.17. The summed E-state index contributed by atoms with van der Waals surface area (Å²) in [6, 6.07) is 13.6. The van der Waals surface area contributed by atoms with Gasteiger partial charge in [-0.1, -0.05) is 18.2 Å². The Balaban J connectivity index is 1.65. The van der Waals surface area contributed by atoms with Crippen molar-refractivity contribution in [1.82, 2.24) is 19.7 Å². The van der Waals surface area contributed by atoms with Crippen molar-refractivity contribution in [2.45, 2.75) is 6.92 Å². The maximum atomic E-state index is 12.7. The lowest BCUT2D eigenvalue weighted by Crippen LogP contribution is -2.16. The molecule has 6 nitrogen and oxygen atoms in total. The third kappa shape index (κ3) is 2.57. The monoisotopic (exact) mass is 331 g/mol. The number of carbonyl (C=O) groups excluding carboxylic acids is 1. The number of aryl methyl sites for hydroxylation is 1. The molecule has 1 aromatic carbocycles. The number of fused-ring (bicyclic) bond motifs is 1. The Bertz CT molecular complexity index is 1060. The molecule has 0 atom stereocenters. The van der Waals surface area contributed by atoms with Gasteiger partial charge in [0.15, 0.2) is 5.82 Å². The summed E-state index contributed by atoms with van der Waals surface area (Å²) in [5, 5.41) is 11.2. The quantitative estimate of drug-likeness (QED) is 0.603. The fourth-order valence-corrected chi connectivity index (χ4v) is 3.00. The molecule has 0 saturated carbocycles. The second-order valence-electron chi connectivity index (χ2n) is 5.91. The van der Waals surface area contributed by atoms with Crippen molar-refractivity contribution in [2.75, 3.05) is 5.32 Å². The van der Waals surface area contributed by atoms with E-state index in [0.29, 0.717) is 11.5 Å². The number of aromatic amines is 1. The van der Waals surface area contributed by atoms with Gasteiger partial charge in [-0.05, 0) is 31.2 Å². The molecule has 0 aliphatic rings. The van der Waals surface area contributed by atoms with Gasteiger partial charge in [0.05, 0.1) is 5.69 Å². The molecule has 6 heteroatoms. The number of aromatic nitrogens is 4. The zero-order valence-electron chi connectivity index (χ0n) is 13.9. The van der Waals surface area contributed by atoms with Gasteiger partial charge >= 0.3 is 0 Å². The Morgan fingerprint density at radius 2 is 1.92 bits per heavy atom. The minimum Gasteiger partial charge on any atom is -0.340 e. The summed E-state index contributed by atoms with van der Waals surface area (Å²) in [5.74, 6) is 0.344. The van der Waals surface area contributed by atoms with E-state index < -0.39 is 0 Å². The van der Waals surface area contributed by atoms with E-state index in [2.05, 4.69) is 20.5 Å². The van der Waals surface area contributed by atoms with Gasteiger partial charge in [0.2, 0.25) is 0 Å². The van der Waals surface area contributed by atoms with Gasteiger partial charge < -0.3 is 9.88 Å². The highest BCUT2D eigenvalue weighted by molar-refractivity contribution is 6.06. The van der Waals surface area contributed by atoms with Crippen molar-refractivity contribution in [3.8, 4) is 11.3 Å². The third-order valence-electron chi connectivity index (χ3n) is 4.39. The molecule has 4 aromatic rings. The predicted octanol–water partition coefficient (Wildman–Crippen LogP) is 3.52. The number of nitrogens with zero attached hydrogens (tertiary/aromatic N) is 3. The second kappa shape index (κ2) is 5.90. The number of pyridine rings is 1. The van der Waals surface area contributed by atoms with Crippen LogP contribution < -0.4 is 5.32 Å². The van der Waals surface area contributed by atoms with E-state index in [1.807, 2.05) is 61.0 Å². The molecule has 3 aromatic heterocycles. The molecule has 3 heterocycles. The first-order chi connectivity index (χ1) is 12.1. The lowest BCUT2D eigenvalue weighted by molar-refractivity contribution is 0.101. The molecule has 0 aliphatic heterocycles. The molecule has 0 unspecified atom stereocenters.